The maximum Gasteiger partial charge on any atom is 0.295 e. The first kappa shape index (κ1) is 24.1. The number of likely N-dealkylation sites (tertiary alicyclic amines) is 1. The van der Waals surface area contributed by atoms with E-state index in [9.17, 15) is 14.7 Å². The predicted octanol–water partition coefficient (Wildman–Crippen LogP) is 3.11. The fourth-order valence-corrected chi connectivity index (χ4v) is 4.63. The minimum absolute atomic E-state index is 0.00212. The second-order valence-corrected chi connectivity index (χ2v) is 8.44. The number of nitrogens with zero attached hydrogens (tertiary/aromatic N) is 2. The van der Waals surface area contributed by atoms with Crippen LogP contribution in [0.2, 0.25) is 5.02 Å². The third-order valence-corrected chi connectivity index (χ3v) is 6.45. The van der Waals surface area contributed by atoms with E-state index in [2.05, 4.69) is 4.90 Å². The second kappa shape index (κ2) is 10.5. The average molecular weight is 487 g/mol. The molecule has 0 aromatic heterocycles. The van der Waals surface area contributed by atoms with Crippen molar-refractivity contribution in [3.05, 3.63) is 64.2 Å². The molecule has 1 atom stereocenters. The van der Waals surface area contributed by atoms with Crippen molar-refractivity contribution in [3.63, 3.8) is 0 Å². The van der Waals surface area contributed by atoms with Crippen LogP contribution in [0, 0.1) is 0 Å². The van der Waals surface area contributed by atoms with Gasteiger partial charge in [0.2, 0.25) is 0 Å². The smallest absolute Gasteiger partial charge is 0.295 e. The molecule has 0 radical (unpaired) electrons. The van der Waals surface area contributed by atoms with Crippen LogP contribution in [0.15, 0.2) is 48.0 Å². The maximum absolute atomic E-state index is 13.2. The quantitative estimate of drug-likeness (QED) is 0.365. The summed E-state index contributed by atoms with van der Waals surface area (Å²) in [5.41, 5.74) is 0.932. The van der Waals surface area contributed by atoms with Crippen molar-refractivity contribution in [1.29, 1.82) is 0 Å². The number of Topliss-reactive ketones (excluding diaryl/α,β-unsaturated/α-hetero) is 1. The summed E-state index contributed by atoms with van der Waals surface area (Å²) < 4.78 is 16.1. The number of halogens is 1. The van der Waals surface area contributed by atoms with E-state index in [0.717, 1.165) is 13.1 Å². The molecule has 2 aromatic rings. The number of carbonyl (C=O) groups excluding carboxylic acids is 2. The summed E-state index contributed by atoms with van der Waals surface area (Å²) in [7, 11) is 3.02. The molecule has 1 N–H and O–H groups in total. The molecule has 9 heteroatoms. The molecule has 180 valence electrons. The number of morpholine rings is 1. The van der Waals surface area contributed by atoms with Crippen LogP contribution in [0.5, 0.6) is 11.5 Å². The van der Waals surface area contributed by atoms with Gasteiger partial charge in [0.1, 0.15) is 17.3 Å². The number of benzene rings is 2. The normalized spacial score (nSPS) is 20.6. The third-order valence-electron chi connectivity index (χ3n) is 6.16. The molecule has 0 aliphatic carbocycles. The molecule has 4 rings (SSSR count). The van der Waals surface area contributed by atoms with Gasteiger partial charge in [-0.25, -0.2) is 0 Å². The predicted molar refractivity (Wildman–Crippen MR) is 127 cm³/mol. The van der Waals surface area contributed by atoms with E-state index in [1.807, 2.05) is 12.1 Å². The van der Waals surface area contributed by atoms with Crippen LogP contribution in [0.25, 0.3) is 5.76 Å². The molecule has 2 saturated heterocycles. The molecule has 2 fully saturated rings. The van der Waals surface area contributed by atoms with Gasteiger partial charge in [-0.1, -0.05) is 29.8 Å². The number of para-hydroxylation sites is 1. The molecule has 2 heterocycles. The lowest BCUT2D eigenvalue weighted by molar-refractivity contribution is -0.140. The first-order chi connectivity index (χ1) is 16.5. The number of hydrogen-bond acceptors (Lipinski definition) is 7. The first-order valence-electron chi connectivity index (χ1n) is 11.0. The number of amides is 1. The molecular formula is C25H27ClN2O6. The number of carbonyl (C=O) groups is 2. The van der Waals surface area contributed by atoms with Crippen molar-refractivity contribution < 1.29 is 28.9 Å². The molecule has 2 aliphatic rings. The highest BCUT2D eigenvalue weighted by Gasteiger charge is 2.47. The van der Waals surface area contributed by atoms with Gasteiger partial charge in [0, 0.05) is 37.3 Å². The summed E-state index contributed by atoms with van der Waals surface area (Å²) in [6.07, 6.45) is 0. The van der Waals surface area contributed by atoms with Gasteiger partial charge < -0.3 is 24.2 Å². The van der Waals surface area contributed by atoms with E-state index >= 15 is 0 Å². The zero-order chi connectivity index (χ0) is 24.2. The number of ketones is 1. The number of rotatable bonds is 7. The third kappa shape index (κ3) is 4.61. The Bertz CT molecular complexity index is 1110. The molecule has 8 nitrogen and oxygen atoms in total. The summed E-state index contributed by atoms with van der Waals surface area (Å²) in [5.74, 6) is -0.754. The Morgan fingerprint density at radius 3 is 2.44 bits per heavy atom. The number of hydrogen-bond donors (Lipinski definition) is 1. The zero-order valence-corrected chi connectivity index (χ0v) is 19.9. The highest BCUT2D eigenvalue weighted by Crippen LogP contribution is 2.43. The number of aliphatic hydroxyl groups is 1. The van der Waals surface area contributed by atoms with E-state index in [1.54, 1.807) is 24.3 Å². The highest BCUT2D eigenvalue weighted by molar-refractivity contribution is 6.46. The molecule has 2 aromatic carbocycles. The van der Waals surface area contributed by atoms with Crippen molar-refractivity contribution in [2.75, 3.05) is 53.6 Å². The fourth-order valence-electron chi connectivity index (χ4n) is 4.37. The van der Waals surface area contributed by atoms with Crippen molar-refractivity contribution in [1.82, 2.24) is 9.80 Å². The molecule has 34 heavy (non-hydrogen) atoms. The van der Waals surface area contributed by atoms with Crippen LogP contribution in [0.3, 0.4) is 0 Å². The lowest BCUT2D eigenvalue weighted by Gasteiger charge is -2.31. The minimum atomic E-state index is -0.807. The Kier molecular flexibility index (Phi) is 7.41. The number of aliphatic hydroxyl groups excluding tert-OH is 1. The topological polar surface area (TPSA) is 88.5 Å². The van der Waals surface area contributed by atoms with Gasteiger partial charge in [-0.05, 0) is 24.3 Å². The summed E-state index contributed by atoms with van der Waals surface area (Å²) >= 11 is 6.25. The molecule has 2 aliphatic heterocycles. The van der Waals surface area contributed by atoms with E-state index in [1.165, 1.54) is 25.2 Å². The monoisotopic (exact) mass is 486 g/mol. The van der Waals surface area contributed by atoms with Crippen molar-refractivity contribution in [2.24, 2.45) is 0 Å². The maximum atomic E-state index is 13.2. The molecule has 0 spiro atoms. The van der Waals surface area contributed by atoms with Crippen LogP contribution >= 0.6 is 11.6 Å². The van der Waals surface area contributed by atoms with Gasteiger partial charge in [0.15, 0.2) is 0 Å². The summed E-state index contributed by atoms with van der Waals surface area (Å²) in [6.45, 7) is 3.67. The van der Waals surface area contributed by atoms with Crippen LogP contribution in [-0.4, -0.2) is 80.2 Å². The van der Waals surface area contributed by atoms with Crippen molar-refractivity contribution >= 4 is 29.1 Å². The van der Waals surface area contributed by atoms with E-state index in [-0.39, 0.29) is 16.4 Å². The molecule has 0 unspecified atom stereocenters. The van der Waals surface area contributed by atoms with Crippen LogP contribution in [0.4, 0.5) is 0 Å². The zero-order valence-electron chi connectivity index (χ0n) is 19.1. The Labute approximate surface area is 203 Å². The van der Waals surface area contributed by atoms with Gasteiger partial charge in [-0.15, -0.1) is 0 Å². The largest absolute Gasteiger partial charge is 0.507 e. The first-order valence-corrected chi connectivity index (χ1v) is 11.4. The lowest BCUT2D eigenvalue weighted by Crippen LogP contribution is -2.42. The standard InChI is InChI=1S/C25H27ClN2O6/c1-32-19-6-4-3-5-17(19)22-21(23(29)16-7-8-20(33-2)18(26)15-16)24(30)25(31)28(22)10-9-27-11-13-34-14-12-27/h3-8,15,22,29H,9-14H2,1-2H3/t22-/m1/s1. The lowest BCUT2D eigenvalue weighted by atomic mass is 9.94. The Balaban J connectivity index is 1.78. The van der Waals surface area contributed by atoms with Gasteiger partial charge in [-0.3, -0.25) is 14.5 Å². The van der Waals surface area contributed by atoms with Gasteiger partial charge in [0.25, 0.3) is 11.7 Å². The van der Waals surface area contributed by atoms with Gasteiger partial charge in [0.05, 0.1) is 44.1 Å². The average Bonchev–Trinajstić information content (AvgIpc) is 3.12. The second-order valence-electron chi connectivity index (χ2n) is 8.04. The SMILES string of the molecule is COc1ccc(C(O)=C2C(=O)C(=O)N(CCN3CCOCC3)[C@@H]2c2ccccc2OC)cc1Cl. The highest BCUT2D eigenvalue weighted by atomic mass is 35.5. The fraction of sp³-hybridized carbons (Fsp3) is 0.360. The number of ether oxygens (including phenoxy) is 3. The summed E-state index contributed by atoms with van der Waals surface area (Å²) in [5, 5.41) is 11.5. The van der Waals surface area contributed by atoms with Gasteiger partial charge in [-0.2, -0.15) is 0 Å². The van der Waals surface area contributed by atoms with Crippen LogP contribution < -0.4 is 9.47 Å². The summed E-state index contributed by atoms with van der Waals surface area (Å²) in [4.78, 5) is 30.1. The van der Waals surface area contributed by atoms with E-state index < -0.39 is 17.7 Å². The molecule has 1 amide bonds. The van der Waals surface area contributed by atoms with E-state index in [4.69, 9.17) is 25.8 Å². The molecule has 0 saturated carbocycles. The Morgan fingerprint density at radius 1 is 1.06 bits per heavy atom. The summed E-state index contributed by atoms with van der Waals surface area (Å²) in [6, 6.07) is 11.1. The minimum Gasteiger partial charge on any atom is -0.507 e. The Morgan fingerprint density at radius 2 is 1.76 bits per heavy atom. The number of methoxy groups -OCH3 is 2. The Hall–Kier alpha value is -3.07. The molecular weight excluding hydrogens is 460 g/mol. The molecule has 0 bridgehead atoms. The van der Waals surface area contributed by atoms with Crippen LogP contribution in [-0.2, 0) is 14.3 Å². The van der Waals surface area contributed by atoms with Crippen molar-refractivity contribution in [3.8, 4) is 11.5 Å². The van der Waals surface area contributed by atoms with E-state index in [0.29, 0.717) is 48.9 Å². The van der Waals surface area contributed by atoms with Crippen LogP contribution in [0.1, 0.15) is 17.2 Å². The van der Waals surface area contributed by atoms with Gasteiger partial charge >= 0.3 is 0 Å². The van der Waals surface area contributed by atoms with Crippen molar-refractivity contribution in [2.45, 2.75) is 6.04 Å².